The van der Waals surface area contributed by atoms with Crippen molar-refractivity contribution in [3.05, 3.63) is 214 Å². The van der Waals surface area contributed by atoms with Gasteiger partial charge in [0.25, 0.3) is 70.9 Å². The van der Waals surface area contributed by atoms with Gasteiger partial charge in [-0.05, 0) is 96.7 Å². The summed E-state index contributed by atoms with van der Waals surface area (Å²) in [5.74, 6) is -6.47. The van der Waals surface area contributed by atoms with Crippen molar-refractivity contribution < 1.29 is 111 Å². The van der Waals surface area contributed by atoms with Crippen LogP contribution in [0.1, 0.15) is 461 Å². The molecule has 12 amide bonds. The molecule has 15 rings (SSSR count). The van der Waals surface area contributed by atoms with Crippen LogP contribution in [0.25, 0.3) is 0 Å². The van der Waals surface area contributed by atoms with Gasteiger partial charge in [0.1, 0.15) is 148 Å². The molecule has 48 heteroatoms. The molecule has 0 saturated heterocycles. The molecule has 15 heterocycles. The minimum atomic E-state index is -0.727. The van der Waals surface area contributed by atoms with Gasteiger partial charge >= 0.3 is 0 Å². The van der Waals surface area contributed by atoms with E-state index in [1.54, 1.807) is 0 Å². The molecule has 0 radical (unpaired) electrons. The molecular formula is C100H128N24O24. The fourth-order valence-electron chi connectivity index (χ4n) is 16.0. The van der Waals surface area contributed by atoms with Crippen LogP contribution in [0, 0.1) is 71.0 Å². The van der Waals surface area contributed by atoms with Crippen molar-refractivity contribution in [1.82, 2.24) is 124 Å². The molecule has 0 fully saturated rings. The predicted molar refractivity (Wildman–Crippen MR) is 517 cm³/mol. The van der Waals surface area contributed by atoms with Crippen molar-refractivity contribution in [2.24, 2.45) is 71.0 Å². The van der Waals surface area contributed by atoms with Crippen LogP contribution in [0.15, 0.2) is 128 Å². The number of oxazole rings is 12. The van der Waals surface area contributed by atoms with Gasteiger partial charge in [0.2, 0.25) is 70.7 Å². The fourth-order valence-corrected chi connectivity index (χ4v) is 16.0. The third-order valence-electron chi connectivity index (χ3n) is 24.1. The molecule has 0 spiro atoms. The van der Waals surface area contributed by atoms with E-state index in [1.807, 2.05) is 166 Å². The zero-order chi connectivity index (χ0) is 107. The molecule has 12 unspecified atom stereocenters. The van der Waals surface area contributed by atoms with E-state index in [2.05, 4.69) is 124 Å². The van der Waals surface area contributed by atoms with E-state index in [9.17, 15) is 57.5 Å². The van der Waals surface area contributed by atoms with E-state index in [1.165, 1.54) is 75.2 Å². The first kappa shape index (κ1) is 109. The van der Waals surface area contributed by atoms with Crippen molar-refractivity contribution in [2.75, 3.05) is 0 Å². The van der Waals surface area contributed by atoms with Crippen LogP contribution < -0.4 is 63.8 Å². The Hall–Kier alpha value is -15.8. The van der Waals surface area contributed by atoms with Crippen LogP contribution in [0.4, 0.5) is 0 Å². The van der Waals surface area contributed by atoms with Gasteiger partial charge < -0.3 is 117 Å². The van der Waals surface area contributed by atoms with Gasteiger partial charge in [-0.15, -0.1) is 0 Å². The molecule has 0 saturated carbocycles. The van der Waals surface area contributed by atoms with Crippen molar-refractivity contribution in [3.8, 4) is 0 Å². The Morgan fingerprint density at radius 2 is 0.257 bits per heavy atom. The molecule has 48 nitrogen and oxygen atoms in total. The maximum absolute atomic E-state index is 13.4. The number of fused-ring (bicyclic) bond motifs is 24. The van der Waals surface area contributed by atoms with Gasteiger partial charge in [0, 0.05) is 0 Å². The first-order chi connectivity index (χ1) is 70.1. The minimum Gasteiger partial charge on any atom is -0.446 e. The second kappa shape index (κ2) is 47.6. The standard InChI is InChI=1S/2C34H44N8O8.C32H40N8O8/c1-15(2)9-19-31-37-23(11-47-31)29(45)41-26(18(7)8)34-40-22(14-50-34)28(44)36-20(10-16(3)4)32-38-24(12-48-32)30(46)42-25(17(5)6)33-39-21(13-49-33)27(43)35-19;1-15(2)9-19-31-37-21(11-47-31)27(43)35-20(10-16(3)4)32-38-23(12-48-32)29(45)41-26(18(7)8)34-40-24(14-50-34)30(46)42-25(17(5)6)33-39-22(13-49-33)28(44)36-19;1-13(2)21-29-33-18(9-45-29)26(42)38-23(15(5)6)31-35-20(11-47-31)28(44)40-24(16(7)8)32-36-19(12-48-32)27(43)39-22(14(3)4)30-34-17(10-46-30)25(41)37-21/h2*11-20,25-26H,9-10H2,1-8H3,(H,35,43)(H,36,44)(H,41,45)(H,42,46);9-16,21-24H,1-8H3,(H,37,41)(H,38,42)(H,39,43)(H,40,44). The SMILES string of the molecule is CC(C)C1NC(=O)c2coc(n2)C(C(C)C)NC(=O)c2coc(n2)C(C(C)C)NC(=O)c2coc(n2)C(C(C)C)NC(=O)c2coc1n2.CC(C)CC1NC(=O)c2coc(n2)C(C(C)C)NC(=O)c2coc(n2)C(C(C)C)NC(=O)c2coc(n2)C(CC(C)C)NC(=O)c2coc1n2.CC(C)CC1NC(=O)c2coc(n2)C(C(C)C)NC(=O)c2coc(n2)C(CC(C)C)NC(=O)c2coc(n2)C(C(C)C)NC(=O)c2coc1n2. The van der Waals surface area contributed by atoms with E-state index in [0.717, 1.165) is 0 Å². The van der Waals surface area contributed by atoms with E-state index >= 15 is 0 Å². The number of carbonyl (C=O) groups excluding carboxylic acids is 12. The number of hydrogen-bond acceptors (Lipinski definition) is 36. The Bertz CT molecular complexity index is 6240. The number of hydrogen-bond donors (Lipinski definition) is 12. The molecule has 3 aliphatic heterocycles. The number of nitrogens with one attached hydrogen (secondary N) is 12. The van der Waals surface area contributed by atoms with Crippen LogP contribution in [-0.4, -0.2) is 131 Å². The summed E-state index contributed by atoms with van der Waals surface area (Å²) in [6, 6.07) is -8.63. The fraction of sp³-hybridized carbons (Fsp3) is 0.520. The van der Waals surface area contributed by atoms with E-state index in [0.29, 0.717) is 25.7 Å². The highest BCUT2D eigenvalue weighted by atomic mass is 16.4. The summed E-state index contributed by atoms with van der Waals surface area (Å²) >= 11 is 0. The maximum atomic E-state index is 13.4. The molecule has 12 N–H and O–H groups in total. The summed E-state index contributed by atoms with van der Waals surface area (Å²) in [7, 11) is 0. The monoisotopic (exact) mass is 2050 g/mol. The zero-order valence-electron chi connectivity index (χ0n) is 86.8. The second-order valence-electron chi connectivity index (χ2n) is 41.0. The van der Waals surface area contributed by atoms with Crippen molar-refractivity contribution in [3.63, 3.8) is 0 Å². The summed E-state index contributed by atoms with van der Waals surface area (Å²) in [4.78, 5) is 213. The lowest BCUT2D eigenvalue weighted by Gasteiger charge is -2.20. The van der Waals surface area contributed by atoms with Crippen LogP contribution in [0.3, 0.4) is 0 Å². The lowest BCUT2D eigenvalue weighted by molar-refractivity contribution is 0.0899. The van der Waals surface area contributed by atoms with E-state index in [-0.39, 0.29) is 210 Å². The molecular weight excluding hydrogens is 1920 g/mol. The molecule has 12 atom stereocenters. The Morgan fingerprint density at radius 1 is 0.162 bits per heavy atom. The Morgan fingerprint density at radius 3 is 0.358 bits per heavy atom. The Kier molecular flexibility index (Phi) is 35.2. The van der Waals surface area contributed by atoms with Gasteiger partial charge in [0.05, 0.1) is 0 Å². The summed E-state index contributed by atoms with van der Waals surface area (Å²) in [5.41, 5.74) is -0.273. The first-order valence-corrected chi connectivity index (χ1v) is 49.3. The Labute approximate surface area is 850 Å². The number of carbonyl (C=O) groups is 12. The summed E-state index contributed by atoms with van der Waals surface area (Å²) < 4.78 is 68.1. The number of rotatable bonds is 16. The van der Waals surface area contributed by atoms with Gasteiger partial charge in [-0.25, -0.2) is 59.8 Å². The van der Waals surface area contributed by atoms with Gasteiger partial charge in [-0.3, -0.25) is 57.5 Å². The summed E-state index contributed by atoms with van der Waals surface area (Å²) in [6.45, 7) is 45.5. The number of amides is 12. The van der Waals surface area contributed by atoms with Gasteiger partial charge in [-0.2, -0.15) is 0 Å². The maximum Gasteiger partial charge on any atom is 0.273 e. The van der Waals surface area contributed by atoms with E-state index in [4.69, 9.17) is 53.0 Å². The van der Waals surface area contributed by atoms with Crippen molar-refractivity contribution in [1.29, 1.82) is 0 Å². The Balaban J connectivity index is 0.000000185. The van der Waals surface area contributed by atoms with Crippen molar-refractivity contribution >= 4 is 70.9 Å². The topological polar surface area (TPSA) is 662 Å². The third-order valence-corrected chi connectivity index (χ3v) is 24.1. The van der Waals surface area contributed by atoms with Gasteiger partial charge in [0.15, 0.2) is 68.3 Å². The molecule has 12 aromatic heterocycles. The van der Waals surface area contributed by atoms with E-state index < -0.39 is 143 Å². The highest BCUT2D eigenvalue weighted by Crippen LogP contribution is 2.36. The van der Waals surface area contributed by atoms with Gasteiger partial charge in [-0.1, -0.05) is 166 Å². The summed E-state index contributed by atoms with van der Waals surface area (Å²) in [5, 5.41) is 34.4. The molecule has 148 heavy (non-hydrogen) atoms. The van der Waals surface area contributed by atoms with Crippen LogP contribution in [0.2, 0.25) is 0 Å². The zero-order valence-corrected chi connectivity index (χ0v) is 86.8. The summed E-state index contributed by atoms with van der Waals surface area (Å²) in [6.07, 6.45) is 16.2. The molecule has 3 aliphatic rings. The predicted octanol–water partition coefficient (Wildman–Crippen LogP) is 14.9. The number of aromatic nitrogens is 12. The molecule has 792 valence electrons. The van der Waals surface area contributed by atoms with Crippen molar-refractivity contribution in [2.45, 2.75) is 264 Å². The lowest BCUT2D eigenvalue weighted by atomic mass is 10.0. The molecule has 0 aromatic carbocycles. The lowest BCUT2D eigenvalue weighted by Crippen LogP contribution is -2.34. The number of nitrogens with zero attached hydrogens (tertiary/aromatic N) is 12. The highest BCUT2D eigenvalue weighted by Gasteiger charge is 2.40. The van der Waals surface area contributed by atoms with Crippen LogP contribution >= 0.6 is 0 Å². The average molecular weight is 2050 g/mol. The average Bonchev–Trinajstić information content (AvgIpc) is 1.67. The van der Waals surface area contributed by atoms with Crippen LogP contribution in [-0.2, 0) is 0 Å². The minimum absolute atomic E-state index is 0.0138. The first-order valence-electron chi connectivity index (χ1n) is 49.3. The van der Waals surface area contributed by atoms with Crippen LogP contribution in [0.5, 0.6) is 0 Å². The largest absolute Gasteiger partial charge is 0.446 e. The smallest absolute Gasteiger partial charge is 0.273 e. The molecule has 0 aliphatic carbocycles. The molecule has 24 bridgehead atoms. The normalized spacial score (nSPS) is 21.0. The third kappa shape index (κ3) is 26.9. The molecule has 12 aromatic rings. The highest BCUT2D eigenvalue weighted by molar-refractivity contribution is 5.98. The quantitative estimate of drug-likeness (QED) is 0.0427. The second-order valence-corrected chi connectivity index (χ2v) is 41.0.